The first kappa shape index (κ1) is 17.4. The maximum atomic E-state index is 11.4. The summed E-state index contributed by atoms with van der Waals surface area (Å²) in [6.07, 6.45) is 5.45. The lowest BCUT2D eigenvalue weighted by Crippen LogP contribution is -2.32. The Morgan fingerprint density at radius 1 is 1.39 bits per heavy atom. The van der Waals surface area contributed by atoms with Crippen molar-refractivity contribution in [1.29, 1.82) is 0 Å². The summed E-state index contributed by atoms with van der Waals surface area (Å²) in [6.45, 7) is 5.78. The predicted octanol–water partition coefficient (Wildman–Crippen LogP) is 3.09. The van der Waals surface area contributed by atoms with Crippen LogP contribution in [0.5, 0.6) is 5.88 Å². The van der Waals surface area contributed by atoms with Crippen molar-refractivity contribution in [2.45, 2.75) is 44.6 Å². The molecule has 4 heterocycles. The van der Waals surface area contributed by atoms with Crippen LogP contribution in [0.3, 0.4) is 0 Å². The molecule has 0 bridgehead atoms. The third-order valence-corrected chi connectivity index (χ3v) is 5.78. The van der Waals surface area contributed by atoms with Gasteiger partial charge < -0.3 is 19.7 Å². The summed E-state index contributed by atoms with van der Waals surface area (Å²) in [4.78, 5) is 22.9. The fourth-order valence-corrected chi connectivity index (χ4v) is 4.01. The molecule has 2 aromatic heterocycles. The third kappa shape index (κ3) is 3.09. The SMILES string of the molecule is CC(=O)Nc1cc2c(cn1)C1(CC1)CN2c1cc(C)cc(OC[C@H]2CCO2)n1. The number of nitrogens with zero attached hydrogens (tertiary/aromatic N) is 3. The van der Waals surface area contributed by atoms with Gasteiger partial charge in [-0.3, -0.25) is 4.79 Å². The first-order chi connectivity index (χ1) is 13.5. The van der Waals surface area contributed by atoms with Gasteiger partial charge in [0.1, 0.15) is 18.2 Å². The monoisotopic (exact) mass is 380 g/mol. The Bertz CT molecular complexity index is 937. The molecule has 0 radical (unpaired) electrons. The van der Waals surface area contributed by atoms with Crippen LogP contribution in [-0.4, -0.2) is 41.7 Å². The second-order valence-corrected chi connectivity index (χ2v) is 8.07. The Morgan fingerprint density at radius 2 is 2.21 bits per heavy atom. The fourth-order valence-electron chi connectivity index (χ4n) is 4.01. The topological polar surface area (TPSA) is 76.6 Å². The van der Waals surface area contributed by atoms with Crippen LogP contribution in [0.15, 0.2) is 24.4 Å². The van der Waals surface area contributed by atoms with E-state index in [1.807, 2.05) is 18.3 Å². The van der Waals surface area contributed by atoms with Gasteiger partial charge in [0.25, 0.3) is 0 Å². The van der Waals surface area contributed by atoms with Gasteiger partial charge in [-0.25, -0.2) is 4.98 Å². The van der Waals surface area contributed by atoms with Gasteiger partial charge in [0.15, 0.2) is 0 Å². The zero-order valence-electron chi connectivity index (χ0n) is 16.2. The summed E-state index contributed by atoms with van der Waals surface area (Å²) in [6, 6.07) is 5.99. The Hall–Kier alpha value is -2.67. The highest BCUT2D eigenvalue weighted by Crippen LogP contribution is 2.58. The zero-order chi connectivity index (χ0) is 19.3. The number of pyridine rings is 2. The molecule has 1 amide bonds. The van der Waals surface area contributed by atoms with Crippen molar-refractivity contribution in [1.82, 2.24) is 9.97 Å². The predicted molar refractivity (Wildman–Crippen MR) is 105 cm³/mol. The highest BCUT2D eigenvalue weighted by molar-refractivity contribution is 5.89. The first-order valence-corrected chi connectivity index (χ1v) is 9.81. The summed E-state index contributed by atoms with van der Waals surface area (Å²) < 4.78 is 11.3. The van der Waals surface area contributed by atoms with Gasteiger partial charge in [0.05, 0.1) is 11.8 Å². The molecule has 7 heteroatoms. The molecule has 28 heavy (non-hydrogen) atoms. The molecule has 7 nitrogen and oxygen atoms in total. The lowest BCUT2D eigenvalue weighted by molar-refractivity contribution is -0.114. The molecular weight excluding hydrogens is 356 g/mol. The van der Waals surface area contributed by atoms with E-state index in [2.05, 4.69) is 28.2 Å². The molecule has 1 aliphatic carbocycles. The van der Waals surface area contributed by atoms with E-state index in [9.17, 15) is 4.79 Å². The number of nitrogens with one attached hydrogen (secondary N) is 1. The van der Waals surface area contributed by atoms with Crippen LogP contribution in [0, 0.1) is 6.92 Å². The van der Waals surface area contributed by atoms with E-state index < -0.39 is 0 Å². The largest absolute Gasteiger partial charge is 0.475 e. The van der Waals surface area contributed by atoms with Crippen molar-refractivity contribution in [3.63, 3.8) is 0 Å². The van der Waals surface area contributed by atoms with Gasteiger partial charge in [0, 0.05) is 55.8 Å². The van der Waals surface area contributed by atoms with Crippen LogP contribution >= 0.6 is 0 Å². The van der Waals surface area contributed by atoms with Crippen LogP contribution < -0.4 is 15.0 Å². The van der Waals surface area contributed by atoms with E-state index in [4.69, 9.17) is 14.5 Å². The molecule has 0 aromatic carbocycles. The number of aryl methyl sites for hydroxylation is 1. The van der Waals surface area contributed by atoms with Crippen LogP contribution in [0.1, 0.15) is 37.3 Å². The average Bonchev–Trinajstić information content (AvgIpc) is 3.30. The summed E-state index contributed by atoms with van der Waals surface area (Å²) >= 11 is 0. The van der Waals surface area contributed by atoms with Crippen LogP contribution in [-0.2, 0) is 14.9 Å². The highest BCUT2D eigenvalue weighted by Gasteiger charge is 2.52. The van der Waals surface area contributed by atoms with Gasteiger partial charge in [-0.2, -0.15) is 4.98 Å². The lowest BCUT2D eigenvalue weighted by Gasteiger charge is -2.26. The minimum Gasteiger partial charge on any atom is -0.475 e. The second-order valence-electron chi connectivity index (χ2n) is 8.07. The number of amides is 1. The Balaban J connectivity index is 1.46. The van der Waals surface area contributed by atoms with E-state index in [1.165, 1.54) is 12.5 Å². The fraction of sp³-hybridized carbons (Fsp3) is 0.476. The summed E-state index contributed by atoms with van der Waals surface area (Å²) in [5.74, 6) is 1.94. The molecule has 1 spiro atoms. The minimum atomic E-state index is -0.124. The van der Waals surface area contributed by atoms with Crippen molar-refractivity contribution in [3.8, 4) is 5.88 Å². The summed E-state index contributed by atoms with van der Waals surface area (Å²) in [7, 11) is 0. The molecule has 2 fully saturated rings. The lowest BCUT2D eigenvalue weighted by atomic mass is 10.0. The third-order valence-electron chi connectivity index (χ3n) is 5.78. The van der Waals surface area contributed by atoms with Crippen molar-refractivity contribution in [3.05, 3.63) is 35.5 Å². The van der Waals surface area contributed by atoms with Crippen molar-refractivity contribution < 1.29 is 14.3 Å². The molecule has 5 rings (SSSR count). The zero-order valence-corrected chi connectivity index (χ0v) is 16.2. The molecule has 1 atom stereocenters. The van der Waals surface area contributed by atoms with Crippen LogP contribution in [0.25, 0.3) is 0 Å². The number of hydrogen-bond acceptors (Lipinski definition) is 6. The molecule has 3 aliphatic rings. The van der Waals surface area contributed by atoms with Gasteiger partial charge in [-0.15, -0.1) is 0 Å². The number of fused-ring (bicyclic) bond motifs is 2. The Labute approximate surface area is 164 Å². The van der Waals surface area contributed by atoms with E-state index in [0.717, 1.165) is 49.5 Å². The van der Waals surface area contributed by atoms with Crippen LogP contribution in [0.2, 0.25) is 0 Å². The number of hydrogen-bond donors (Lipinski definition) is 1. The molecular formula is C21H24N4O3. The summed E-state index contributed by atoms with van der Waals surface area (Å²) in [5.41, 5.74) is 3.59. The number of carbonyl (C=O) groups is 1. The van der Waals surface area contributed by atoms with Gasteiger partial charge in [-0.1, -0.05) is 0 Å². The Kier molecular flexibility index (Phi) is 4.01. The Morgan fingerprint density at radius 3 is 2.89 bits per heavy atom. The number of aromatic nitrogens is 2. The molecule has 0 unspecified atom stereocenters. The van der Waals surface area contributed by atoms with Crippen molar-refractivity contribution in [2.75, 3.05) is 30.0 Å². The van der Waals surface area contributed by atoms with E-state index in [1.54, 1.807) is 0 Å². The minimum absolute atomic E-state index is 0.124. The number of anilines is 3. The van der Waals surface area contributed by atoms with E-state index >= 15 is 0 Å². The first-order valence-electron chi connectivity index (χ1n) is 9.81. The van der Waals surface area contributed by atoms with Gasteiger partial charge >= 0.3 is 0 Å². The van der Waals surface area contributed by atoms with E-state index in [0.29, 0.717) is 18.3 Å². The molecule has 146 valence electrons. The molecule has 2 aromatic rings. The highest BCUT2D eigenvalue weighted by atomic mass is 16.5. The molecule has 1 saturated carbocycles. The molecule has 2 aliphatic heterocycles. The van der Waals surface area contributed by atoms with Crippen molar-refractivity contribution >= 4 is 23.2 Å². The standard InChI is InChI=1S/C21H24N4O3/c1-13-7-19(24-20(8-13)28-11-15-3-6-27-15)25-12-21(4-5-21)16-10-22-18(9-17(16)25)23-14(2)26/h7-10,15H,3-6,11-12H2,1-2H3,(H,22,23,26)/t15-/m1/s1. The maximum absolute atomic E-state index is 11.4. The second kappa shape index (κ2) is 6.44. The van der Waals surface area contributed by atoms with E-state index in [-0.39, 0.29) is 17.4 Å². The average molecular weight is 380 g/mol. The number of ether oxygens (including phenoxy) is 2. The smallest absolute Gasteiger partial charge is 0.222 e. The molecule has 1 N–H and O–H groups in total. The van der Waals surface area contributed by atoms with Crippen LogP contribution in [0.4, 0.5) is 17.3 Å². The normalized spacial score (nSPS) is 21.2. The quantitative estimate of drug-likeness (QED) is 0.859. The van der Waals surface area contributed by atoms with Gasteiger partial charge in [0.2, 0.25) is 11.8 Å². The summed E-state index contributed by atoms with van der Waals surface area (Å²) in [5, 5.41) is 2.79. The van der Waals surface area contributed by atoms with Crippen molar-refractivity contribution in [2.24, 2.45) is 0 Å². The number of rotatable bonds is 5. The number of carbonyl (C=O) groups excluding carboxylic acids is 1. The maximum Gasteiger partial charge on any atom is 0.222 e. The molecule has 1 saturated heterocycles. The van der Waals surface area contributed by atoms with Gasteiger partial charge in [-0.05, 0) is 31.4 Å².